The Morgan fingerprint density at radius 1 is 1.10 bits per heavy atom. The minimum atomic E-state index is 0.575. The third-order valence-corrected chi connectivity index (χ3v) is 3.10. The zero-order valence-corrected chi connectivity index (χ0v) is 12.1. The number of anilines is 3. The van der Waals surface area contributed by atoms with E-state index in [4.69, 9.17) is 5.26 Å². The molecule has 0 saturated carbocycles. The van der Waals surface area contributed by atoms with Crippen LogP contribution in [0.5, 0.6) is 0 Å². The maximum absolute atomic E-state index is 8.92. The Kier molecular flexibility index (Phi) is 3.85. The quantitative estimate of drug-likeness (QED) is 0.684. The number of nitrogens with zero attached hydrogens (tertiary/aromatic N) is 4. The lowest BCUT2D eigenvalue weighted by atomic mass is 10.1. The molecule has 0 unspecified atom stereocenters. The highest BCUT2D eigenvalue weighted by atomic mass is 15.2. The Morgan fingerprint density at radius 2 is 1.85 bits per heavy atom. The fourth-order valence-corrected chi connectivity index (χ4v) is 1.81. The molecule has 0 aliphatic rings. The van der Waals surface area contributed by atoms with Crippen molar-refractivity contribution in [3.63, 3.8) is 0 Å². The van der Waals surface area contributed by atoms with E-state index < -0.39 is 0 Å². The average molecular weight is 267 g/mol. The van der Waals surface area contributed by atoms with Crippen molar-refractivity contribution < 1.29 is 0 Å². The second kappa shape index (κ2) is 5.57. The zero-order chi connectivity index (χ0) is 14.7. The maximum atomic E-state index is 8.92. The van der Waals surface area contributed by atoms with E-state index in [1.165, 1.54) is 16.0 Å². The Hall–Kier alpha value is -2.61. The number of aryl methyl sites for hydroxylation is 3. The van der Waals surface area contributed by atoms with E-state index in [9.17, 15) is 0 Å². The van der Waals surface area contributed by atoms with Crippen molar-refractivity contribution in [2.45, 2.75) is 20.8 Å². The van der Waals surface area contributed by atoms with Crippen LogP contribution in [0.3, 0.4) is 0 Å². The van der Waals surface area contributed by atoms with Crippen LogP contribution < -0.4 is 10.2 Å². The number of rotatable bonds is 3. The van der Waals surface area contributed by atoms with Crippen molar-refractivity contribution in [3.05, 3.63) is 41.2 Å². The van der Waals surface area contributed by atoms with Gasteiger partial charge in [-0.1, -0.05) is 6.07 Å². The molecule has 0 radical (unpaired) electrons. The van der Waals surface area contributed by atoms with Crippen molar-refractivity contribution in [1.29, 1.82) is 5.26 Å². The van der Waals surface area contributed by atoms with Gasteiger partial charge in [0.05, 0.1) is 0 Å². The van der Waals surface area contributed by atoms with Crippen LogP contribution in [0.1, 0.15) is 17.0 Å². The first-order valence-electron chi connectivity index (χ1n) is 6.33. The molecule has 0 atom stereocenters. The second-order valence-corrected chi connectivity index (χ2v) is 4.74. The topological polar surface area (TPSA) is 64.8 Å². The van der Waals surface area contributed by atoms with E-state index in [0.717, 1.165) is 5.69 Å². The minimum absolute atomic E-state index is 0.575. The summed E-state index contributed by atoms with van der Waals surface area (Å²) in [5.74, 6) is 1.88. The molecule has 0 saturated heterocycles. The molecule has 102 valence electrons. The van der Waals surface area contributed by atoms with Gasteiger partial charge in [0.25, 0.3) is 0 Å². The summed E-state index contributed by atoms with van der Waals surface area (Å²) in [6, 6.07) is 7.90. The van der Waals surface area contributed by atoms with Crippen molar-refractivity contribution in [2.75, 3.05) is 17.3 Å². The number of aromatic nitrogens is 2. The molecule has 5 heteroatoms. The summed E-state index contributed by atoms with van der Waals surface area (Å²) in [6.45, 7) is 5.95. The SMILES string of the molecule is Cc1nc(Nc2ccc(C)c(C)c2)cc(N(C)C#N)n1. The molecule has 0 aliphatic carbocycles. The van der Waals surface area contributed by atoms with Crippen molar-refractivity contribution in [1.82, 2.24) is 9.97 Å². The van der Waals surface area contributed by atoms with Crippen LogP contribution in [0.2, 0.25) is 0 Å². The average Bonchev–Trinajstić information content (AvgIpc) is 2.41. The molecule has 0 amide bonds. The highest BCUT2D eigenvalue weighted by Gasteiger charge is 2.06. The molecule has 1 heterocycles. The summed E-state index contributed by atoms with van der Waals surface area (Å²) < 4.78 is 0. The summed E-state index contributed by atoms with van der Waals surface area (Å²) in [5, 5.41) is 12.2. The van der Waals surface area contributed by atoms with E-state index in [1.807, 2.05) is 12.3 Å². The van der Waals surface area contributed by atoms with Crippen LogP contribution in [0.15, 0.2) is 24.3 Å². The zero-order valence-electron chi connectivity index (χ0n) is 12.1. The van der Waals surface area contributed by atoms with Gasteiger partial charge < -0.3 is 5.32 Å². The lowest BCUT2D eigenvalue weighted by molar-refractivity contribution is 1.02. The molecule has 2 rings (SSSR count). The third kappa shape index (κ3) is 3.04. The van der Waals surface area contributed by atoms with Gasteiger partial charge in [0.2, 0.25) is 0 Å². The van der Waals surface area contributed by atoms with E-state index in [2.05, 4.69) is 41.3 Å². The van der Waals surface area contributed by atoms with Gasteiger partial charge in [-0.15, -0.1) is 0 Å². The highest BCUT2D eigenvalue weighted by Crippen LogP contribution is 2.21. The number of hydrogen-bond donors (Lipinski definition) is 1. The molecule has 0 fully saturated rings. The molecule has 2 aromatic rings. The van der Waals surface area contributed by atoms with Gasteiger partial charge in [0.1, 0.15) is 17.5 Å². The summed E-state index contributed by atoms with van der Waals surface area (Å²) in [4.78, 5) is 9.97. The molecule has 5 nitrogen and oxygen atoms in total. The van der Waals surface area contributed by atoms with Gasteiger partial charge >= 0.3 is 0 Å². The molecule has 0 bridgehead atoms. The molecule has 0 spiro atoms. The molecular weight excluding hydrogens is 250 g/mol. The maximum Gasteiger partial charge on any atom is 0.185 e. The summed E-state index contributed by atoms with van der Waals surface area (Å²) in [5.41, 5.74) is 3.44. The first-order valence-corrected chi connectivity index (χ1v) is 6.33. The predicted octanol–water partition coefficient (Wildman–Crippen LogP) is 3.06. The Balaban J connectivity index is 2.31. The number of benzene rings is 1. The van der Waals surface area contributed by atoms with Crippen LogP contribution >= 0.6 is 0 Å². The van der Waals surface area contributed by atoms with Crippen LogP contribution in [-0.2, 0) is 0 Å². The fraction of sp³-hybridized carbons (Fsp3) is 0.267. The molecule has 1 aromatic carbocycles. The van der Waals surface area contributed by atoms with Crippen molar-refractivity contribution >= 4 is 17.3 Å². The first-order chi connectivity index (χ1) is 9.49. The predicted molar refractivity (Wildman–Crippen MR) is 80.0 cm³/mol. The molecule has 1 aromatic heterocycles. The Bertz CT molecular complexity index is 672. The minimum Gasteiger partial charge on any atom is -0.340 e. The normalized spacial score (nSPS) is 9.95. The summed E-state index contributed by atoms with van der Waals surface area (Å²) >= 11 is 0. The number of nitrogens with one attached hydrogen (secondary N) is 1. The number of nitriles is 1. The van der Waals surface area contributed by atoms with Crippen LogP contribution in [0.25, 0.3) is 0 Å². The molecule has 0 aliphatic heterocycles. The van der Waals surface area contributed by atoms with Gasteiger partial charge in [-0.25, -0.2) is 9.97 Å². The van der Waals surface area contributed by atoms with E-state index in [-0.39, 0.29) is 0 Å². The van der Waals surface area contributed by atoms with Gasteiger partial charge in [-0.3, -0.25) is 4.90 Å². The Labute approximate surface area is 118 Å². The first kappa shape index (κ1) is 13.8. The highest BCUT2D eigenvalue weighted by molar-refractivity contribution is 5.61. The lowest BCUT2D eigenvalue weighted by Gasteiger charge is -2.12. The summed E-state index contributed by atoms with van der Waals surface area (Å²) in [6.07, 6.45) is 2.03. The monoisotopic (exact) mass is 267 g/mol. The molecule has 20 heavy (non-hydrogen) atoms. The van der Waals surface area contributed by atoms with Gasteiger partial charge in [-0.2, -0.15) is 5.26 Å². The third-order valence-electron chi connectivity index (χ3n) is 3.10. The molecular formula is C15H17N5. The van der Waals surface area contributed by atoms with Crippen LogP contribution in [-0.4, -0.2) is 17.0 Å². The van der Waals surface area contributed by atoms with E-state index in [1.54, 1.807) is 20.0 Å². The standard InChI is InChI=1S/C15H17N5/c1-10-5-6-13(7-11(10)2)19-14-8-15(20(4)9-16)18-12(3)17-14/h5-8H,1-4H3,(H,17,18,19). The van der Waals surface area contributed by atoms with E-state index >= 15 is 0 Å². The molecule has 1 N–H and O–H groups in total. The van der Waals surface area contributed by atoms with Gasteiger partial charge in [0, 0.05) is 18.8 Å². The lowest BCUT2D eigenvalue weighted by Crippen LogP contribution is -2.12. The van der Waals surface area contributed by atoms with Gasteiger partial charge in [0.15, 0.2) is 6.19 Å². The Morgan fingerprint density at radius 3 is 2.50 bits per heavy atom. The van der Waals surface area contributed by atoms with Crippen LogP contribution in [0.4, 0.5) is 17.3 Å². The van der Waals surface area contributed by atoms with Crippen LogP contribution in [0, 0.1) is 32.2 Å². The van der Waals surface area contributed by atoms with E-state index in [0.29, 0.717) is 17.5 Å². The van der Waals surface area contributed by atoms with Crippen molar-refractivity contribution in [2.24, 2.45) is 0 Å². The second-order valence-electron chi connectivity index (χ2n) is 4.74. The van der Waals surface area contributed by atoms with Crippen molar-refractivity contribution in [3.8, 4) is 6.19 Å². The fourth-order valence-electron chi connectivity index (χ4n) is 1.81. The smallest absolute Gasteiger partial charge is 0.185 e. The summed E-state index contributed by atoms with van der Waals surface area (Å²) in [7, 11) is 1.67. The largest absolute Gasteiger partial charge is 0.340 e. The number of hydrogen-bond acceptors (Lipinski definition) is 5. The van der Waals surface area contributed by atoms with Gasteiger partial charge in [-0.05, 0) is 44.0 Å².